The molecule has 0 radical (unpaired) electrons. The lowest BCUT2D eigenvalue weighted by Gasteiger charge is -2.17. The Morgan fingerprint density at radius 3 is 2.61 bits per heavy atom. The summed E-state index contributed by atoms with van der Waals surface area (Å²) in [6.45, 7) is 6.98. The number of halogens is 1. The van der Waals surface area contributed by atoms with Crippen LogP contribution in [0, 0.1) is 0 Å². The smallest absolute Gasteiger partial charge is 0.102 e. The van der Waals surface area contributed by atoms with E-state index in [4.69, 9.17) is 0 Å². The zero-order valence-electron chi connectivity index (χ0n) is 10.8. The fourth-order valence-corrected chi connectivity index (χ4v) is 1.92. The zero-order valence-corrected chi connectivity index (χ0v) is 12.4. The van der Waals surface area contributed by atoms with E-state index in [9.17, 15) is 0 Å². The number of aromatic nitrogens is 3. The molecule has 2 rings (SSSR count). The topological polar surface area (TPSA) is 42.7 Å². The number of anilines is 1. The summed E-state index contributed by atoms with van der Waals surface area (Å²) in [5.74, 6) is 0. The fraction of sp³-hybridized carbons (Fsp3) is 0.385. The fourth-order valence-electron chi connectivity index (χ4n) is 1.50. The first kappa shape index (κ1) is 13.1. The number of rotatable bonds is 3. The number of nitrogens with zero attached hydrogens (tertiary/aromatic N) is 3. The Hall–Kier alpha value is -1.36. The van der Waals surface area contributed by atoms with Crippen molar-refractivity contribution in [1.29, 1.82) is 0 Å². The van der Waals surface area contributed by atoms with Crippen molar-refractivity contribution in [2.75, 3.05) is 5.32 Å². The van der Waals surface area contributed by atoms with Crippen LogP contribution in [0.3, 0.4) is 0 Å². The predicted molar refractivity (Wildman–Crippen MR) is 76.5 cm³/mol. The molecule has 0 aliphatic carbocycles. The van der Waals surface area contributed by atoms with Crippen LogP contribution in [0.2, 0.25) is 0 Å². The highest BCUT2D eigenvalue weighted by Gasteiger charge is 2.14. The molecule has 5 heteroatoms. The molecule has 0 amide bonds. The molecule has 96 valence electrons. The van der Waals surface area contributed by atoms with Crippen molar-refractivity contribution < 1.29 is 0 Å². The van der Waals surface area contributed by atoms with Crippen LogP contribution in [-0.4, -0.2) is 15.0 Å². The summed E-state index contributed by atoms with van der Waals surface area (Å²) in [5.41, 5.74) is 1.96. The average Bonchev–Trinajstić information content (AvgIpc) is 2.76. The van der Waals surface area contributed by atoms with Crippen LogP contribution in [0.5, 0.6) is 0 Å². The molecule has 0 saturated carbocycles. The van der Waals surface area contributed by atoms with Gasteiger partial charge in [0.25, 0.3) is 0 Å². The highest BCUT2D eigenvalue weighted by Crippen LogP contribution is 2.21. The van der Waals surface area contributed by atoms with Crippen LogP contribution < -0.4 is 5.32 Å². The first-order valence-corrected chi connectivity index (χ1v) is 6.66. The lowest BCUT2D eigenvalue weighted by atomic mass is 10.1. The highest BCUT2D eigenvalue weighted by atomic mass is 79.9. The van der Waals surface area contributed by atoms with E-state index in [-0.39, 0.29) is 5.54 Å². The normalized spacial score (nSPS) is 11.6. The van der Waals surface area contributed by atoms with E-state index in [1.165, 1.54) is 0 Å². The molecule has 0 aliphatic heterocycles. The minimum Gasteiger partial charge on any atom is -0.378 e. The second kappa shape index (κ2) is 5.10. The number of nitrogens with one attached hydrogen (secondary N) is 1. The summed E-state index contributed by atoms with van der Waals surface area (Å²) in [6, 6.07) is 8.02. The van der Waals surface area contributed by atoms with Gasteiger partial charge >= 0.3 is 0 Å². The van der Waals surface area contributed by atoms with Crippen molar-refractivity contribution in [3.63, 3.8) is 0 Å². The van der Waals surface area contributed by atoms with E-state index < -0.39 is 0 Å². The summed E-state index contributed by atoms with van der Waals surface area (Å²) < 4.78 is 2.93. The number of para-hydroxylation sites is 1. The van der Waals surface area contributed by atoms with E-state index in [2.05, 4.69) is 52.3 Å². The monoisotopic (exact) mass is 308 g/mol. The van der Waals surface area contributed by atoms with Gasteiger partial charge in [0, 0.05) is 10.2 Å². The van der Waals surface area contributed by atoms with Crippen molar-refractivity contribution in [2.24, 2.45) is 0 Å². The standard InChI is InChI=1S/C13H17BrN4/c1-13(2,3)18-9-10(16-17-18)8-15-12-7-5-4-6-11(12)14/h4-7,9,15H,8H2,1-3H3. The molecule has 0 aliphatic rings. The Morgan fingerprint density at radius 1 is 1.28 bits per heavy atom. The lowest BCUT2D eigenvalue weighted by molar-refractivity contribution is 0.347. The molecule has 1 heterocycles. The first-order chi connectivity index (χ1) is 8.47. The van der Waals surface area contributed by atoms with Gasteiger partial charge in [0.2, 0.25) is 0 Å². The molecule has 1 N–H and O–H groups in total. The van der Waals surface area contributed by atoms with Gasteiger partial charge in [-0.05, 0) is 48.8 Å². The third-order valence-corrected chi connectivity index (χ3v) is 3.25. The summed E-state index contributed by atoms with van der Waals surface area (Å²) in [7, 11) is 0. The molecule has 0 spiro atoms. The number of benzene rings is 1. The SMILES string of the molecule is CC(C)(C)n1cc(CNc2ccccc2Br)nn1. The van der Waals surface area contributed by atoms with Crippen molar-refractivity contribution in [2.45, 2.75) is 32.9 Å². The molecular formula is C13H17BrN4. The third-order valence-electron chi connectivity index (χ3n) is 2.56. The van der Waals surface area contributed by atoms with Gasteiger partial charge in [-0.2, -0.15) is 0 Å². The molecule has 4 nitrogen and oxygen atoms in total. The Bertz CT molecular complexity index is 528. The quantitative estimate of drug-likeness (QED) is 0.945. The van der Waals surface area contributed by atoms with E-state index in [0.717, 1.165) is 15.9 Å². The summed E-state index contributed by atoms with van der Waals surface area (Å²) in [5, 5.41) is 11.6. The molecule has 0 saturated heterocycles. The minimum atomic E-state index is -0.0292. The van der Waals surface area contributed by atoms with Gasteiger partial charge in [0.05, 0.1) is 18.3 Å². The average molecular weight is 309 g/mol. The maximum atomic E-state index is 4.16. The van der Waals surface area contributed by atoms with E-state index in [0.29, 0.717) is 6.54 Å². The van der Waals surface area contributed by atoms with E-state index in [1.54, 1.807) is 0 Å². The van der Waals surface area contributed by atoms with Gasteiger partial charge in [-0.1, -0.05) is 17.3 Å². The van der Waals surface area contributed by atoms with Crippen molar-refractivity contribution >= 4 is 21.6 Å². The Labute approximate surface area is 116 Å². The molecule has 18 heavy (non-hydrogen) atoms. The molecule has 0 bridgehead atoms. The van der Waals surface area contributed by atoms with Gasteiger partial charge in [-0.3, -0.25) is 0 Å². The Kier molecular flexibility index (Phi) is 3.71. The van der Waals surface area contributed by atoms with Crippen molar-refractivity contribution in [3.05, 3.63) is 40.6 Å². The van der Waals surface area contributed by atoms with Gasteiger partial charge in [-0.15, -0.1) is 5.10 Å². The lowest BCUT2D eigenvalue weighted by Crippen LogP contribution is -2.22. The third kappa shape index (κ3) is 3.10. The molecule has 0 unspecified atom stereocenters. The van der Waals surface area contributed by atoms with Crippen molar-refractivity contribution in [3.8, 4) is 0 Å². The van der Waals surface area contributed by atoms with E-state index in [1.807, 2.05) is 35.1 Å². The summed E-state index contributed by atoms with van der Waals surface area (Å²) in [4.78, 5) is 0. The maximum absolute atomic E-state index is 4.16. The molecule has 1 aromatic heterocycles. The number of hydrogen-bond acceptors (Lipinski definition) is 3. The first-order valence-electron chi connectivity index (χ1n) is 5.87. The zero-order chi connectivity index (χ0) is 13.2. The highest BCUT2D eigenvalue weighted by molar-refractivity contribution is 9.10. The van der Waals surface area contributed by atoms with Crippen LogP contribution in [-0.2, 0) is 12.1 Å². The van der Waals surface area contributed by atoms with Crippen LogP contribution in [0.25, 0.3) is 0 Å². The van der Waals surface area contributed by atoms with Crippen LogP contribution in [0.1, 0.15) is 26.5 Å². The minimum absolute atomic E-state index is 0.0292. The van der Waals surface area contributed by atoms with Gasteiger partial charge in [-0.25, -0.2) is 4.68 Å². The van der Waals surface area contributed by atoms with Gasteiger partial charge in [0.1, 0.15) is 5.69 Å². The second-order valence-electron chi connectivity index (χ2n) is 5.16. The molecule has 1 aromatic carbocycles. The number of hydrogen-bond donors (Lipinski definition) is 1. The van der Waals surface area contributed by atoms with Crippen LogP contribution >= 0.6 is 15.9 Å². The summed E-state index contributed by atoms with van der Waals surface area (Å²) >= 11 is 3.50. The predicted octanol–water partition coefficient (Wildman–Crippen LogP) is 3.41. The summed E-state index contributed by atoms with van der Waals surface area (Å²) in [6.07, 6.45) is 1.98. The van der Waals surface area contributed by atoms with Gasteiger partial charge in [0.15, 0.2) is 0 Å². The Morgan fingerprint density at radius 2 is 2.00 bits per heavy atom. The largest absolute Gasteiger partial charge is 0.378 e. The van der Waals surface area contributed by atoms with Crippen molar-refractivity contribution in [1.82, 2.24) is 15.0 Å². The molecule has 0 fully saturated rings. The van der Waals surface area contributed by atoms with E-state index >= 15 is 0 Å². The van der Waals surface area contributed by atoms with Gasteiger partial charge < -0.3 is 5.32 Å². The molecular weight excluding hydrogens is 292 g/mol. The Balaban J connectivity index is 2.03. The van der Waals surface area contributed by atoms with Crippen LogP contribution in [0.15, 0.2) is 34.9 Å². The van der Waals surface area contributed by atoms with Crippen LogP contribution in [0.4, 0.5) is 5.69 Å². The second-order valence-corrected chi connectivity index (χ2v) is 6.01. The molecule has 2 aromatic rings. The maximum Gasteiger partial charge on any atom is 0.102 e. The molecule has 0 atom stereocenters.